The second-order valence-corrected chi connectivity index (χ2v) is 10.7. The second kappa shape index (κ2) is 13.6. The Morgan fingerprint density at radius 3 is 1.91 bits per heavy atom. The number of nitro groups is 1. The van der Waals surface area contributed by atoms with Crippen LogP contribution in [0, 0.1) is 10.1 Å². The van der Waals surface area contributed by atoms with Crippen LogP contribution in [-0.4, -0.2) is 55.2 Å². The molecule has 3 aromatic rings. The fourth-order valence-corrected chi connectivity index (χ4v) is 6.04. The van der Waals surface area contributed by atoms with Crippen molar-refractivity contribution in [3.63, 3.8) is 0 Å². The highest BCUT2D eigenvalue weighted by atomic mass is 16.6. The summed E-state index contributed by atoms with van der Waals surface area (Å²) < 4.78 is 10.9. The van der Waals surface area contributed by atoms with E-state index in [1.54, 1.807) is 18.2 Å². The maximum absolute atomic E-state index is 13.8. The molecule has 1 heterocycles. The Balaban J connectivity index is 1.91. The molecule has 0 aromatic heterocycles. The molecule has 4 rings (SSSR count). The molecule has 0 bridgehead atoms. The van der Waals surface area contributed by atoms with Crippen LogP contribution in [-0.2, 0) is 19.1 Å². The molecule has 0 amide bonds. The van der Waals surface area contributed by atoms with Gasteiger partial charge in [0.2, 0.25) is 0 Å². The Bertz CT molecular complexity index is 1510. The van der Waals surface area contributed by atoms with Gasteiger partial charge in [0.1, 0.15) is 29.1 Å². The minimum atomic E-state index is -1.07. The van der Waals surface area contributed by atoms with E-state index in [4.69, 9.17) is 15.2 Å². The van der Waals surface area contributed by atoms with Gasteiger partial charge >= 0.3 is 11.9 Å². The summed E-state index contributed by atoms with van der Waals surface area (Å²) in [5.74, 6) is -2.36. The summed E-state index contributed by atoms with van der Waals surface area (Å²) in [6.45, 7) is 4.25. The minimum Gasteiger partial charge on any atom is -0.465 e. The first-order chi connectivity index (χ1) is 20.7. The van der Waals surface area contributed by atoms with Crippen LogP contribution in [0.5, 0.6) is 0 Å². The van der Waals surface area contributed by atoms with Crippen LogP contribution in [0.1, 0.15) is 48.8 Å². The minimum absolute atomic E-state index is 0.0384. The van der Waals surface area contributed by atoms with E-state index in [-0.39, 0.29) is 45.9 Å². The molecule has 0 radical (unpaired) electrons. The van der Waals surface area contributed by atoms with Crippen molar-refractivity contribution in [2.24, 2.45) is 5.73 Å². The number of quaternary nitrogens is 1. The van der Waals surface area contributed by atoms with Gasteiger partial charge in [-0.05, 0) is 11.1 Å². The third kappa shape index (κ3) is 6.28. The van der Waals surface area contributed by atoms with Crippen LogP contribution < -0.4 is 5.73 Å². The summed E-state index contributed by atoms with van der Waals surface area (Å²) in [6, 6.07) is 26.5. The van der Waals surface area contributed by atoms with E-state index in [0.29, 0.717) is 24.4 Å². The van der Waals surface area contributed by atoms with E-state index in [0.717, 1.165) is 11.1 Å². The van der Waals surface area contributed by atoms with Gasteiger partial charge < -0.3 is 15.2 Å². The number of carbonyl (C=O) groups is 2. The van der Waals surface area contributed by atoms with E-state index in [2.05, 4.69) is 24.3 Å². The van der Waals surface area contributed by atoms with E-state index < -0.39 is 22.8 Å². The number of para-hydroxylation sites is 1. The highest BCUT2D eigenvalue weighted by Crippen LogP contribution is 2.48. The second-order valence-electron chi connectivity index (χ2n) is 10.7. The third-order valence-corrected chi connectivity index (χ3v) is 8.53. The molecule has 2 N–H and O–H groups in total. The van der Waals surface area contributed by atoms with Crippen LogP contribution in [0.3, 0.4) is 0 Å². The largest absolute Gasteiger partial charge is 0.465 e. The molecule has 43 heavy (non-hydrogen) atoms. The Hall–Kier alpha value is -4.60. The quantitative estimate of drug-likeness (QED) is 0.135. The number of hydrogen-bond acceptors (Lipinski definition) is 7. The molecule has 0 fully saturated rings. The van der Waals surface area contributed by atoms with E-state index in [1.807, 2.05) is 57.3 Å². The summed E-state index contributed by atoms with van der Waals surface area (Å²) in [5.41, 5.74) is 9.58. The first kappa shape index (κ1) is 31.3. The zero-order valence-electron chi connectivity index (χ0n) is 25.0. The van der Waals surface area contributed by atoms with Gasteiger partial charge in [-0.1, -0.05) is 78.9 Å². The Kier molecular flexibility index (Phi) is 9.90. The van der Waals surface area contributed by atoms with Crippen molar-refractivity contribution in [2.75, 3.05) is 33.9 Å². The van der Waals surface area contributed by atoms with Crippen molar-refractivity contribution in [3.8, 4) is 0 Å². The summed E-state index contributed by atoms with van der Waals surface area (Å²) >= 11 is 0. The van der Waals surface area contributed by atoms with Gasteiger partial charge in [0.05, 0.1) is 31.5 Å². The van der Waals surface area contributed by atoms with Crippen LogP contribution >= 0.6 is 0 Å². The van der Waals surface area contributed by atoms with Gasteiger partial charge in [-0.3, -0.25) is 14.6 Å². The smallest absolute Gasteiger partial charge is 0.340 e. The molecule has 9 nitrogen and oxygen atoms in total. The standard InChI is InChI=1S/C34H38N3O6/c1-23-30(33(38)42-4)32(28-17-11-12-18-29(28)36(40)41)31(34(39)43-22-20-35)24(2)37(23,3)21-19-27(25-13-7-5-8-14-25)26-15-9-6-10-16-26/h5-18,27,32H,19-22,35H2,1-4H3/q+1. The molecule has 1 aliphatic heterocycles. The lowest BCUT2D eigenvalue weighted by molar-refractivity contribution is -0.836. The summed E-state index contributed by atoms with van der Waals surface area (Å²) in [6.07, 6.45) is 0.676. The molecular weight excluding hydrogens is 546 g/mol. The van der Waals surface area contributed by atoms with Crippen LogP contribution in [0.15, 0.2) is 107 Å². The number of ether oxygens (including phenoxy) is 2. The number of allylic oxidation sites excluding steroid dienone is 2. The number of hydrogen-bond donors (Lipinski definition) is 1. The van der Waals surface area contributed by atoms with Crippen molar-refractivity contribution in [1.82, 2.24) is 0 Å². The lowest BCUT2D eigenvalue weighted by Crippen LogP contribution is -2.48. The highest BCUT2D eigenvalue weighted by Gasteiger charge is 2.49. The molecule has 0 saturated carbocycles. The molecule has 3 aromatic carbocycles. The number of benzene rings is 3. The van der Waals surface area contributed by atoms with Gasteiger partial charge in [0, 0.05) is 44.4 Å². The number of methoxy groups -OCH3 is 1. The molecule has 9 heteroatoms. The zero-order chi connectivity index (χ0) is 31.1. The number of nitrogens with two attached hydrogens (primary N) is 1. The van der Waals surface area contributed by atoms with Gasteiger partial charge in [-0.25, -0.2) is 9.59 Å². The summed E-state index contributed by atoms with van der Waals surface area (Å²) in [5, 5.41) is 12.1. The number of rotatable bonds is 11. The number of carbonyl (C=O) groups excluding carboxylic acids is 2. The van der Waals surface area contributed by atoms with Crippen LogP contribution in [0.2, 0.25) is 0 Å². The van der Waals surface area contributed by atoms with Crippen LogP contribution in [0.25, 0.3) is 0 Å². The SMILES string of the molecule is COC(=O)C1=C(C)[N+](C)(CCC(c2ccccc2)c2ccccc2)C(C)=C(C(=O)OCCN)C1c1ccccc1[N+](=O)[O-]. The Labute approximate surface area is 252 Å². The van der Waals surface area contributed by atoms with Crippen molar-refractivity contribution < 1.29 is 28.5 Å². The summed E-state index contributed by atoms with van der Waals surface area (Å²) in [7, 11) is 3.22. The maximum atomic E-state index is 13.8. The van der Waals surface area contributed by atoms with Crippen molar-refractivity contribution in [1.29, 1.82) is 0 Å². The molecule has 2 atom stereocenters. The van der Waals surface area contributed by atoms with Crippen molar-refractivity contribution in [3.05, 3.63) is 134 Å². The van der Waals surface area contributed by atoms with E-state index >= 15 is 0 Å². The maximum Gasteiger partial charge on any atom is 0.340 e. The number of nitrogens with zero attached hydrogens (tertiary/aromatic N) is 2. The zero-order valence-corrected chi connectivity index (χ0v) is 25.0. The van der Waals surface area contributed by atoms with Crippen molar-refractivity contribution in [2.45, 2.75) is 32.1 Å². The molecule has 2 unspecified atom stereocenters. The monoisotopic (exact) mass is 584 g/mol. The molecule has 224 valence electrons. The van der Waals surface area contributed by atoms with Crippen molar-refractivity contribution >= 4 is 17.6 Å². The average molecular weight is 585 g/mol. The van der Waals surface area contributed by atoms with Gasteiger partial charge in [0.25, 0.3) is 5.69 Å². The normalized spacial score (nSPS) is 18.5. The molecule has 0 aliphatic carbocycles. The number of nitro benzene ring substituents is 1. The highest BCUT2D eigenvalue weighted by molar-refractivity contribution is 5.99. The first-order valence-corrected chi connectivity index (χ1v) is 14.2. The van der Waals surface area contributed by atoms with Crippen LogP contribution in [0.4, 0.5) is 5.69 Å². The van der Waals surface area contributed by atoms with Gasteiger partial charge in [-0.15, -0.1) is 0 Å². The van der Waals surface area contributed by atoms with E-state index in [9.17, 15) is 19.7 Å². The van der Waals surface area contributed by atoms with E-state index in [1.165, 1.54) is 13.2 Å². The third-order valence-electron chi connectivity index (χ3n) is 8.53. The molecule has 1 aliphatic rings. The lowest BCUT2D eigenvalue weighted by atomic mass is 9.78. The van der Waals surface area contributed by atoms with Gasteiger partial charge in [-0.2, -0.15) is 0 Å². The molecule has 0 spiro atoms. The van der Waals surface area contributed by atoms with Gasteiger partial charge in [0.15, 0.2) is 0 Å². The predicted molar refractivity (Wildman–Crippen MR) is 164 cm³/mol. The Morgan fingerprint density at radius 2 is 1.40 bits per heavy atom. The fourth-order valence-electron chi connectivity index (χ4n) is 6.04. The summed E-state index contributed by atoms with van der Waals surface area (Å²) in [4.78, 5) is 38.9. The molecular formula is C34H38N3O6+. The average Bonchev–Trinajstić information content (AvgIpc) is 3.03. The predicted octanol–water partition coefficient (Wildman–Crippen LogP) is 5.58. The fraction of sp³-hybridized carbons (Fsp3) is 0.294. The first-order valence-electron chi connectivity index (χ1n) is 14.2. The topological polar surface area (TPSA) is 122 Å². The number of esters is 2. The lowest BCUT2D eigenvalue weighted by Gasteiger charge is -2.43. The molecule has 0 saturated heterocycles. The Morgan fingerprint density at radius 1 is 0.884 bits per heavy atom.